The molecule has 0 saturated carbocycles. The van der Waals surface area contributed by atoms with Gasteiger partial charge in [-0.15, -0.1) is 0 Å². The summed E-state index contributed by atoms with van der Waals surface area (Å²) in [5, 5.41) is 0. The van der Waals surface area contributed by atoms with Crippen molar-refractivity contribution >= 4 is 11.3 Å². The standard InChI is InChI=1S/C10H5F6N3/c11-9(12,13)7-5(6-1-2-17-4-19-6)3-18-8(7)10(14,15)16/h1-2,4H,3H2. The molecule has 0 saturated heterocycles. The largest absolute Gasteiger partial charge is 0.433 e. The van der Waals surface area contributed by atoms with E-state index in [1.165, 1.54) is 0 Å². The first-order valence-electron chi connectivity index (χ1n) is 4.90. The van der Waals surface area contributed by atoms with Gasteiger partial charge in [0.05, 0.1) is 17.8 Å². The molecule has 0 bridgehead atoms. The van der Waals surface area contributed by atoms with Crippen LogP contribution in [0.5, 0.6) is 0 Å². The van der Waals surface area contributed by atoms with Gasteiger partial charge in [0.15, 0.2) is 5.71 Å². The summed E-state index contributed by atoms with van der Waals surface area (Å²) in [6.07, 6.45) is -8.19. The van der Waals surface area contributed by atoms with Crippen molar-refractivity contribution in [2.45, 2.75) is 12.4 Å². The number of hydrogen-bond acceptors (Lipinski definition) is 3. The minimum atomic E-state index is -5.15. The zero-order valence-corrected chi connectivity index (χ0v) is 9.05. The average Bonchev–Trinajstić information content (AvgIpc) is 2.74. The lowest BCUT2D eigenvalue weighted by atomic mass is 10.0. The predicted molar refractivity (Wildman–Crippen MR) is 53.4 cm³/mol. The van der Waals surface area contributed by atoms with Crippen molar-refractivity contribution in [1.29, 1.82) is 0 Å². The van der Waals surface area contributed by atoms with E-state index in [-0.39, 0.29) is 5.69 Å². The predicted octanol–water partition coefficient (Wildman–Crippen LogP) is 2.81. The van der Waals surface area contributed by atoms with Crippen molar-refractivity contribution in [2.24, 2.45) is 4.99 Å². The Morgan fingerprint density at radius 3 is 2.16 bits per heavy atom. The number of aromatic nitrogens is 2. The van der Waals surface area contributed by atoms with Crippen LogP contribution < -0.4 is 0 Å². The quantitative estimate of drug-likeness (QED) is 0.742. The topological polar surface area (TPSA) is 38.1 Å². The molecule has 0 fully saturated rings. The average molecular weight is 281 g/mol. The highest BCUT2D eigenvalue weighted by Crippen LogP contribution is 2.41. The Balaban J connectivity index is 2.58. The molecule has 9 heteroatoms. The van der Waals surface area contributed by atoms with Gasteiger partial charge in [0.25, 0.3) is 0 Å². The molecule has 0 aromatic carbocycles. The van der Waals surface area contributed by atoms with Gasteiger partial charge in [-0.2, -0.15) is 26.3 Å². The van der Waals surface area contributed by atoms with Crippen molar-refractivity contribution in [2.75, 3.05) is 6.54 Å². The third-order valence-corrected chi connectivity index (χ3v) is 2.38. The van der Waals surface area contributed by atoms with Gasteiger partial charge in [-0.25, -0.2) is 9.97 Å². The van der Waals surface area contributed by atoms with Gasteiger partial charge in [-0.3, -0.25) is 4.99 Å². The molecule has 1 aliphatic rings. The number of nitrogens with zero attached hydrogens (tertiary/aromatic N) is 3. The Labute approximate surface area is 102 Å². The minimum Gasteiger partial charge on any atom is -0.275 e. The third-order valence-electron chi connectivity index (χ3n) is 2.38. The van der Waals surface area contributed by atoms with Crippen molar-refractivity contribution in [1.82, 2.24) is 9.97 Å². The molecule has 0 spiro atoms. The Bertz CT molecular complexity index is 541. The molecule has 3 nitrogen and oxygen atoms in total. The molecule has 19 heavy (non-hydrogen) atoms. The lowest BCUT2D eigenvalue weighted by Crippen LogP contribution is -2.30. The molecule has 2 rings (SSSR count). The summed E-state index contributed by atoms with van der Waals surface area (Å²) < 4.78 is 76.0. The van der Waals surface area contributed by atoms with Crippen LogP contribution in [0.25, 0.3) is 5.57 Å². The normalized spacial score (nSPS) is 16.8. The van der Waals surface area contributed by atoms with Gasteiger partial charge in [0, 0.05) is 11.8 Å². The molecular weight excluding hydrogens is 276 g/mol. The number of allylic oxidation sites excluding steroid dienone is 1. The first kappa shape index (κ1) is 13.5. The summed E-state index contributed by atoms with van der Waals surface area (Å²) in [5.41, 5.74) is -4.50. The lowest BCUT2D eigenvalue weighted by molar-refractivity contribution is -0.0955. The summed E-state index contributed by atoms with van der Waals surface area (Å²) in [6.45, 7) is -0.708. The van der Waals surface area contributed by atoms with Crippen LogP contribution in [0.2, 0.25) is 0 Å². The van der Waals surface area contributed by atoms with Gasteiger partial charge < -0.3 is 0 Å². The van der Waals surface area contributed by atoms with E-state index in [0.717, 1.165) is 18.6 Å². The number of alkyl halides is 6. The maximum Gasteiger partial charge on any atom is 0.433 e. The molecule has 0 aliphatic carbocycles. The van der Waals surface area contributed by atoms with Gasteiger partial charge in [0.1, 0.15) is 6.33 Å². The monoisotopic (exact) mass is 281 g/mol. The molecule has 0 radical (unpaired) electrons. The highest BCUT2D eigenvalue weighted by Gasteiger charge is 2.52. The van der Waals surface area contributed by atoms with E-state index in [2.05, 4.69) is 15.0 Å². The number of aliphatic imine (C=N–C) groups is 1. The van der Waals surface area contributed by atoms with E-state index in [9.17, 15) is 26.3 Å². The number of halogens is 6. The second-order valence-electron chi connectivity index (χ2n) is 3.61. The van der Waals surface area contributed by atoms with Crippen molar-refractivity contribution in [3.05, 3.63) is 29.9 Å². The van der Waals surface area contributed by atoms with Gasteiger partial charge >= 0.3 is 12.4 Å². The fraction of sp³-hybridized carbons (Fsp3) is 0.300. The number of rotatable bonds is 1. The van der Waals surface area contributed by atoms with Crippen LogP contribution in [0.3, 0.4) is 0 Å². The summed E-state index contributed by atoms with van der Waals surface area (Å²) in [6, 6.07) is 1.11. The second-order valence-corrected chi connectivity index (χ2v) is 3.61. The Morgan fingerprint density at radius 2 is 1.68 bits per heavy atom. The molecule has 1 aliphatic heterocycles. The summed E-state index contributed by atoms with van der Waals surface area (Å²) in [7, 11) is 0. The summed E-state index contributed by atoms with van der Waals surface area (Å²) in [4.78, 5) is 9.98. The second kappa shape index (κ2) is 4.32. The molecule has 0 N–H and O–H groups in total. The van der Waals surface area contributed by atoms with Crippen LogP contribution in [0.15, 0.2) is 29.2 Å². The first-order valence-corrected chi connectivity index (χ1v) is 4.90. The highest BCUT2D eigenvalue weighted by molar-refractivity contribution is 6.13. The summed E-state index contributed by atoms with van der Waals surface area (Å²) in [5.74, 6) is 0. The number of hydrogen-bond donors (Lipinski definition) is 0. The van der Waals surface area contributed by atoms with Crippen molar-refractivity contribution in [3.8, 4) is 0 Å². The molecule has 1 aromatic heterocycles. The van der Waals surface area contributed by atoms with Gasteiger partial charge in [-0.1, -0.05) is 0 Å². The minimum absolute atomic E-state index is 0.217. The fourth-order valence-corrected chi connectivity index (χ4v) is 1.67. The smallest absolute Gasteiger partial charge is 0.275 e. The van der Waals surface area contributed by atoms with Crippen LogP contribution in [0.4, 0.5) is 26.3 Å². The van der Waals surface area contributed by atoms with E-state index >= 15 is 0 Å². The lowest BCUT2D eigenvalue weighted by Gasteiger charge is -2.15. The van der Waals surface area contributed by atoms with Crippen LogP contribution in [-0.4, -0.2) is 34.6 Å². The zero-order valence-electron chi connectivity index (χ0n) is 9.05. The fourth-order valence-electron chi connectivity index (χ4n) is 1.67. The highest BCUT2D eigenvalue weighted by atomic mass is 19.4. The van der Waals surface area contributed by atoms with Gasteiger partial charge in [-0.05, 0) is 6.07 Å². The van der Waals surface area contributed by atoms with E-state index in [1.54, 1.807) is 0 Å². The van der Waals surface area contributed by atoms with Crippen molar-refractivity contribution < 1.29 is 26.3 Å². The maximum absolute atomic E-state index is 12.8. The Morgan fingerprint density at radius 1 is 1.00 bits per heavy atom. The molecule has 0 unspecified atom stereocenters. The van der Waals surface area contributed by atoms with Crippen molar-refractivity contribution in [3.63, 3.8) is 0 Å². The van der Waals surface area contributed by atoms with Crippen LogP contribution >= 0.6 is 0 Å². The zero-order chi connectivity index (χ0) is 14.3. The third kappa shape index (κ3) is 2.59. The van der Waals surface area contributed by atoms with E-state index < -0.39 is 35.8 Å². The Hall–Kier alpha value is -1.93. The van der Waals surface area contributed by atoms with Gasteiger partial charge in [0.2, 0.25) is 0 Å². The molecule has 0 atom stereocenters. The molecule has 102 valence electrons. The summed E-state index contributed by atoms with van der Waals surface area (Å²) >= 11 is 0. The Kier molecular flexibility index (Phi) is 3.07. The maximum atomic E-state index is 12.8. The van der Waals surface area contributed by atoms with Crippen LogP contribution in [0, 0.1) is 0 Å². The van der Waals surface area contributed by atoms with Crippen LogP contribution in [0.1, 0.15) is 5.69 Å². The van der Waals surface area contributed by atoms with E-state index in [0.29, 0.717) is 0 Å². The van der Waals surface area contributed by atoms with E-state index in [1.807, 2.05) is 0 Å². The van der Waals surface area contributed by atoms with E-state index in [4.69, 9.17) is 0 Å². The molecular formula is C10H5F6N3. The molecule has 0 amide bonds. The molecule has 1 aromatic rings. The first-order chi connectivity index (χ1) is 8.71. The van der Waals surface area contributed by atoms with Crippen LogP contribution in [-0.2, 0) is 0 Å². The molecule has 2 heterocycles. The SMILES string of the molecule is FC(F)(F)C1=NCC(c2ccncn2)=C1C(F)(F)F.